The first-order valence-corrected chi connectivity index (χ1v) is 10.3. The number of halogens is 1. The van der Waals surface area contributed by atoms with Crippen LogP contribution in [-0.4, -0.2) is 22.8 Å². The molecule has 33 heavy (non-hydrogen) atoms. The van der Waals surface area contributed by atoms with Crippen molar-refractivity contribution < 1.29 is 13.9 Å². The fraction of sp³-hybridized carbons (Fsp3) is 0.115. The van der Waals surface area contributed by atoms with Crippen molar-refractivity contribution in [1.82, 2.24) is 9.78 Å². The Morgan fingerprint density at radius 2 is 1.58 bits per heavy atom. The van der Waals surface area contributed by atoms with Crippen molar-refractivity contribution in [3.8, 4) is 22.6 Å². The molecule has 0 spiro atoms. The summed E-state index contributed by atoms with van der Waals surface area (Å²) in [5.41, 5.74) is 2.71. The molecule has 6 nitrogen and oxygen atoms in total. The molecular weight excluding hydrogens is 421 g/mol. The van der Waals surface area contributed by atoms with E-state index in [-0.39, 0.29) is 22.5 Å². The maximum atomic E-state index is 13.6. The van der Waals surface area contributed by atoms with Crippen LogP contribution in [-0.2, 0) is 0 Å². The Hall–Kier alpha value is -4.26. The summed E-state index contributed by atoms with van der Waals surface area (Å²) < 4.78 is 20.2. The first kappa shape index (κ1) is 22.0. The third-order valence-electron chi connectivity index (χ3n) is 5.25. The van der Waals surface area contributed by atoms with E-state index in [0.29, 0.717) is 22.6 Å². The number of ether oxygens (including phenoxy) is 1. The lowest BCUT2D eigenvalue weighted by molar-refractivity contribution is 0.102. The summed E-state index contributed by atoms with van der Waals surface area (Å²) >= 11 is 0. The predicted octanol–water partition coefficient (Wildman–Crippen LogP) is 4.92. The van der Waals surface area contributed by atoms with Gasteiger partial charge in [0.2, 0.25) is 5.43 Å². The summed E-state index contributed by atoms with van der Waals surface area (Å²) in [6, 6.07) is 19.7. The molecule has 4 aromatic rings. The van der Waals surface area contributed by atoms with Crippen molar-refractivity contribution in [2.75, 3.05) is 12.4 Å². The summed E-state index contributed by atoms with van der Waals surface area (Å²) in [4.78, 5) is 26.3. The van der Waals surface area contributed by atoms with Crippen molar-refractivity contribution in [2.45, 2.75) is 13.8 Å². The summed E-state index contributed by atoms with van der Waals surface area (Å²) in [6.07, 6.45) is 0. The van der Waals surface area contributed by atoms with Crippen molar-refractivity contribution in [1.29, 1.82) is 0 Å². The number of methoxy groups -OCH3 is 1. The van der Waals surface area contributed by atoms with E-state index in [9.17, 15) is 14.0 Å². The van der Waals surface area contributed by atoms with Gasteiger partial charge in [0, 0.05) is 5.56 Å². The standard InChI is InChI=1S/C26H22FN3O3/c1-16-4-6-19(7-5-16)26(32)28-25-23(18-8-14-22(33-3)15-9-18)24(31)17(2)29-30(25)21-12-10-20(27)11-13-21/h4-15H,1-3H3,(H,28,32). The Balaban J connectivity index is 1.93. The van der Waals surface area contributed by atoms with Gasteiger partial charge in [0.1, 0.15) is 23.1 Å². The highest BCUT2D eigenvalue weighted by Gasteiger charge is 2.21. The number of hydrogen-bond donors (Lipinski definition) is 1. The molecule has 0 radical (unpaired) electrons. The Kier molecular flexibility index (Phi) is 6.04. The molecule has 1 aromatic heterocycles. The van der Waals surface area contributed by atoms with E-state index >= 15 is 0 Å². The van der Waals surface area contributed by atoms with Gasteiger partial charge in [-0.3, -0.25) is 9.59 Å². The van der Waals surface area contributed by atoms with E-state index in [0.717, 1.165) is 5.56 Å². The van der Waals surface area contributed by atoms with E-state index in [4.69, 9.17) is 4.74 Å². The Morgan fingerprint density at radius 1 is 0.939 bits per heavy atom. The zero-order chi connectivity index (χ0) is 23.5. The molecule has 166 valence electrons. The second-order valence-electron chi connectivity index (χ2n) is 7.58. The molecule has 0 bridgehead atoms. The molecule has 0 unspecified atom stereocenters. The quantitative estimate of drug-likeness (QED) is 0.475. The summed E-state index contributed by atoms with van der Waals surface area (Å²) in [6.45, 7) is 3.53. The minimum atomic E-state index is -0.405. The molecule has 0 aliphatic carbocycles. The van der Waals surface area contributed by atoms with Gasteiger partial charge in [0.25, 0.3) is 5.91 Å². The number of benzene rings is 3. The molecule has 7 heteroatoms. The first-order chi connectivity index (χ1) is 15.9. The maximum absolute atomic E-state index is 13.6. The largest absolute Gasteiger partial charge is 0.497 e. The number of aromatic nitrogens is 2. The SMILES string of the molecule is COc1ccc(-c2c(NC(=O)c3ccc(C)cc3)n(-c3ccc(F)cc3)nc(C)c2=O)cc1. The lowest BCUT2D eigenvalue weighted by Gasteiger charge is -2.18. The van der Waals surface area contributed by atoms with E-state index in [1.807, 2.05) is 19.1 Å². The van der Waals surface area contributed by atoms with Crippen LogP contribution in [0.2, 0.25) is 0 Å². The van der Waals surface area contributed by atoms with Gasteiger partial charge in [0.15, 0.2) is 0 Å². The molecule has 1 amide bonds. The lowest BCUT2D eigenvalue weighted by Crippen LogP contribution is -2.25. The topological polar surface area (TPSA) is 73.2 Å². The van der Waals surface area contributed by atoms with Crippen molar-refractivity contribution in [2.24, 2.45) is 0 Å². The summed E-state index contributed by atoms with van der Waals surface area (Å²) in [7, 11) is 1.56. The number of anilines is 1. The Labute approximate surface area is 190 Å². The van der Waals surface area contributed by atoms with Gasteiger partial charge in [-0.1, -0.05) is 29.8 Å². The van der Waals surface area contributed by atoms with Crippen molar-refractivity contribution in [3.05, 3.63) is 106 Å². The molecule has 1 N–H and O–H groups in total. The molecule has 0 fully saturated rings. The van der Waals surface area contributed by atoms with E-state index in [1.165, 1.54) is 28.9 Å². The fourth-order valence-corrected chi connectivity index (χ4v) is 3.43. The van der Waals surface area contributed by atoms with Crippen LogP contribution in [0.25, 0.3) is 16.8 Å². The third kappa shape index (κ3) is 4.52. The van der Waals surface area contributed by atoms with E-state index in [1.54, 1.807) is 50.4 Å². The predicted molar refractivity (Wildman–Crippen MR) is 126 cm³/mol. The molecule has 0 saturated carbocycles. The number of carbonyl (C=O) groups is 1. The van der Waals surface area contributed by atoms with Gasteiger partial charge in [-0.2, -0.15) is 5.10 Å². The van der Waals surface area contributed by atoms with Crippen LogP contribution in [0.15, 0.2) is 77.6 Å². The summed E-state index contributed by atoms with van der Waals surface area (Å²) in [5.74, 6) is 0.0180. The Morgan fingerprint density at radius 3 is 2.18 bits per heavy atom. The average molecular weight is 443 g/mol. The fourth-order valence-electron chi connectivity index (χ4n) is 3.43. The molecule has 0 aliphatic rings. The number of hydrogen-bond acceptors (Lipinski definition) is 4. The molecule has 0 saturated heterocycles. The van der Waals surface area contributed by atoms with Gasteiger partial charge in [0.05, 0.1) is 18.4 Å². The van der Waals surface area contributed by atoms with Crippen LogP contribution in [0.4, 0.5) is 10.2 Å². The van der Waals surface area contributed by atoms with Gasteiger partial charge in [-0.05, 0) is 67.9 Å². The Bertz CT molecular complexity index is 1360. The molecule has 3 aromatic carbocycles. The summed E-state index contributed by atoms with van der Waals surface area (Å²) in [5, 5.41) is 7.26. The minimum absolute atomic E-state index is 0.188. The molecule has 0 aliphatic heterocycles. The maximum Gasteiger partial charge on any atom is 0.256 e. The zero-order valence-electron chi connectivity index (χ0n) is 18.4. The average Bonchev–Trinajstić information content (AvgIpc) is 2.82. The van der Waals surface area contributed by atoms with Gasteiger partial charge < -0.3 is 10.1 Å². The molecule has 1 heterocycles. The highest BCUT2D eigenvalue weighted by molar-refractivity contribution is 6.05. The molecule has 0 atom stereocenters. The van der Waals surface area contributed by atoms with E-state index < -0.39 is 11.7 Å². The number of rotatable bonds is 5. The first-order valence-electron chi connectivity index (χ1n) is 10.3. The van der Waals surface area contributed by atoms with Crippen LogP contribution in [0, 0.1) is 19.7 Å². The minimum Gasteiger partial charge on any atom is -0.497 e. The smallest absolute Gasteiger partial charge is 0.256 e. The zero-order valence-corrected chi connectivity index (χ0v) is 18.4. The second-order valence-corrected chi connectivity index (χ2v) is 7.58. The monoisotopic (exact) mass is 443 g/mol. The van der Waals surface area contributed by atoms with Gasteiger partial charge in [-0.25, -0.2) is 9.07 Å². The number of nitrogens with zero attached hydrogens (tertiary/aromatic N) is 2. The molecule has 4 rings (SSSR count). The van der Waals surface area contributed by atoms with Gasteiger partial charge in [-0.15, -0.1) is 0 Å². The van der Waals surface area contributed by atoms with Crippen LogP contribution < -0.4 is 15.5 Å². The van der Waals surface area contributed by atoms with Gasteiger partial charge >= 0.3 is 0 Å². The number of amides is 1. The number of carbonyl (C=O) groups excluding carboxylic acids is 1. The number of nitrogens with one attached hydrogen (secondary N) is 1. The van der Waals surface area contributed by atoms with Crippen molar-refractivity contribution >= 4 is 11.7 Å². The number of aryl methyl sites for hydroxylation is 2. The van der Waals surface area contributed by atoms with Crippen LogP contribution in [0.1, 0.15) is 21.6 Å². The van der Waals surface area contributed by atoms with Crippen LogP contribution in [0.3, 0.4) is 0 Å². The normalized spacial score (nSPS) is 10.7. The van der Waals surface area contributed by atoms with E-state index in [2.05, 4.69) is 10.4 Å². The highest BCUT2D eigenvalue weighted by Crippen LogP contribution is 2.29. The molecular formula is C26H22FN3O3. The second kappa shape index (κ2) is 9.08. The third-order valence-corrected chi connectivity index (χ3v) is 5.25. The van der Waals surface area contributed by atoms with Crippen LogP contribution in [0.5, 0.6) is 5.75 Å². The lowest BCUT2D eigenvalue weighted by atomic mass is 10.0. The van der Waals surface area contributed by atoms with Crippen LogP contribution >= 0.6 is 0 Å². The highest BCUT2D eigenvalue weighted by atomic mass is 19.1. The van der Waals surface area contributed by atoms with Crippen molar-refractivity contribution in [3.63, 3.8) is 0 Å².